The van der Waals surface area contributed by atoms with Gasteiger partial charge in [-0.2, -0.15) is 0 Å². The first kappa shape index (κ1) is 15.0. The molecule has 1 aliphatic heterocycles. The highest BCUT2D eigenvalue weighted by Crippen LogP contribution is 2.19. The third kappa shape index (κ3) is 6.42. The summed E-state index contributed by atoms with van der Waals surface area (Å²) in [6.45, 7) is 14.3. The molecular weight excluding hydrogens is 208 g/mol. The normalized spacial score (nSPS) is 21.0. The zero-order valence-corrected chi connectivity index (χ0v) is 12.3. The fourth-order valence-corrected chi connectivity index (χ4v) is 2.57. The Morgan fingerprint density at radius 1 is 1.18 bits per heavy atom. The number of likely N-dealkylation sites (tertiary alicyclic amines) is 1. The second-order valence-corrected chi connectivity index (χ2v) is 6.31. The van der Waals surface area contributed by atoms with Crippen LogP contribution < -0.4 is 5.32 Å². The van der Waals surface area contributed by atoms with Gasteiger partial charge in [-0.1, -0.05) is 20.8 Å². The summed E-state index contributed by atoms with van der Waals surface area (Å²) in [5, 5.41) is 3.53. The van der Waals surface area contributed by atoms with E-state index in [0.717, 1.165) is 24.4 Å². The van der Waals surface area contributed by atoms with E-state index >= 15 is 0 Å². The monoisotopic (exact) mass is 240 g/mol. The van der Waals surface area contributed by atoms with Crippen LogP contribution in [0.5, 0.6) is 0 Å². The highest BCUT2D eigenvalue weighted by Gasteiger charge is 2.19. The second kappa shape index (κ2) is 8.10. The first-order valence-corrected chi connectivity index (χ1v) is 7.54. The van der Waals surface area contributed by atoms with Crippen LogP contribution in [0.3, 0.4) is 0 Å². The first-order valence-electron chi connectivity index (χ1n) is 7.54. The van der Waals surface area contributed by atoms with E-state index in [-0.39, 0.29) is 0 Å². The summed E-state index contributed by atoms with van der Waals surface area (Å²) in [7, 11) is 0. The zero-order valence-electron chi connectivity index (χ0n) is 12.3. The molecule has 0 aromatic rings. The van der Waals surface area contributed by atoms with Crippen molar-refractivity contribution >= 4 is 0 Å². The number of hydrogen-bond donors (Lipinski definition) is 1. The van der Waals surface area contributed by atoms with Gasteiger partial charge in [0.2, 0.25) is 0 Å². The molecule has 0 bridgehead atoms. The maximum atomic E-state index is 3.53. The quantitative estimate of drug-likeness (QED) is 0.688. The van der Waals surface area contributed by atoms with E-state index in [4.69, 9.17) is 0 Å². The molecule has 2 heteroatoms. The van der Waals surface area contributed by atoms with Gasteiger partial charge in [0.25, 0.3) is 0 Å². The Morgan fingerprint density at radius 3 is 2.41 bits per heavy atom. The van der Waals surface area contributed by atoms with Crippen LogP contribution in [0.2, 0.25) is 0 Å². The maximum absolute atomic E-state index is 3.53. The summed E-state index contributed by atoms with van der Waals surface area (Å²) >= 11 is 0. The molecule has 1 rings (SSSR count). The molecule has 0 amide bonds. The Balaban J connectivity index is 2.02. The van der Waals surface area contributed by atoms with Gasteiger partial charge < -0.3 is 10.2 Å². The Kier molecular flexibility index (Phi) is 7.14. The fraction of sp³-hybridized carbons (Fsp3) is 1.00. The van der Waals surface area contributed by atoms with Gasteiger partial charge in [0.1, 0.15) is 0 Å². The topological polar surface area (TPSA) is 15.3 Å². The van der Waals surface area contributed by atoms with Crippen molar-refractivity contribution in [2.45, 2.75) is 59.4 Å². The summed E-state index contributed by atoms with van der Waals surface area (Å²) in [5.74, 6) is 1.72. The molecule has 2 nitrogen and oxygen atoms in total. The molecule has 1 saturated heterocycles. The number of rotatable bonds is 7. The van der Waals surface area contributed by atoms with Crippen LogP contribution in [0.1, 0.15) is 53.4 Å². The van der Waals surface area contributed by atoms with Gasteiger partial charge in [-0.3, -0.25) is 0 Å². The molecule has 102 valence electrons. The van der Waals surface area contributed by atoms with Crippen LogP contribution in [0.4, 0.5) is 0 Å². The van der Waals surface area contributed by atoms with Gasteiger partial charge in [-0.05, 0) is 70.6 Å². The van der Waals surface area contributed by atoms with Crippen molar-refractivity contribution in [1.29, 1.82) is 0 Å². The van der Waals surface area contributed by atoms with Gasteiger partial charge in [-0.15, -0.1) is 0 Å². The molecule has 1 aliphatic rings. The average molecular weight is 240 g/mol. The lowest BCUT2D eigenvalue weighted by Gasteiger charge is -2.35. The predicted molar refractivity (Wildman–Crippen MR) is 76.4 cm³/mol. The summed E-state index contributed by atoms with van der Waals surface area (Å²) in [6.07, 6.45) is 5.46. The SMILES string of the molecule is CC(C)CNCCCC(C)N1CCC(C)CC1. The van der Waals surface area contributed by atoms with Crippen molar-refractivity contribution in [1.82, 2.24) is 10.2 Å². The van der Waals surface area contributed by atoms with Crippen LogP contribution in [0.15, 0.2) is 0 Å². The minimum atomic E-state index is 0.774. The number of nitrogens with zero attached hydrogens (tertiary/aromatic N) is 1. The van der Waals surface area contributed by atoms with Gasteiger partial charge in [-0.25, -0.2) is 0 Å². The Morgan fingerprint density at radius 2 is 1.82 bits per heavy atom. The number of piperidine rings is 1. The lowest BCUT2D eigenvalue weighted by atomic mass is 9.97. The molecule has 1 heterocycles. The number of nitrogens with one attached hydrogen (secondary N) is 1. The van der Waals surface area contributed by atoms with E-state index in [1.165, 1.54) is 45.3 Å². The van der Waals surface area contributed by atoms with Crippen molar-refractivity contribution in [2.24, 2.45) is 11.8 Å². The molecule has 1 fully saturated rings. The van der Waals surface area contributed by atoms with Crippen LogP contribution in [-0.2, 0) is 0 Å². The van der Waals surface area contributed by atoms with E-state index in [1.807, 2.05) is 0 Å². The lowest BCUT2D eigenvalue weighted by molar-refractivity contribution is 0.139. The van der Waals surface area contributed by atoms with E-state index in [1.54, 1.807) is 0 Å². The molecule has 0 aromatic heterocycles. The van der Waals surface area contributed by atoms with E-state index < -0.39 is 0 Å². The average Bonchev–Trinajstić information content (AvgIpc) is 2.29. The highest BCUT2D eigenvalue weighted by atomic mass is 15.2. The number of hydrogen-bond acceptors (Lipinski definition) is 2. The molecule has 1 atom stereocenters. The van der Waals surface area contributed by atoms with Crippen molar-refractivity contribution in [3.63, 3.8) is 0 Å². The zero-order chi connectivity index (χ0) is 12.7. The molecule has 1 N–H and O–H groups in total. The Hall–Kier alpha value is -0.0800. The Bertz CT molecular complexity index is 183. The van der Waals surface area contributed by atoms with E-state index in [9.17, 15) is 0 Å². The maximum Gasteiger partial charge on any atom is 0.00674 e. The van der Waals surface area contributed by atoms with Crippen LogP contribution in [0, 0.1) is 11.8 Å². The summed E-state index contributed by atoms with van der Waals surface area (Å²) in [4.78, 5) is 2.68. The predicted octanol–water partition coefficient (Wildman–Crippen LogP) is 3.13. The molecule has 0 aliphatic carbocycles. The standard InChI is InChI=1S/C15H32N2/c1-13(2)12-16-9-5-6-15(4)17-10-7-14(3)8-11-17/h13-16H,5-12H2,1-4H3. The lowest BCUT2D eigenvalue weighted by Crippen LogP contribution is -2.39. The summed E-state index contributed by atoms with van der Waals surface area (Å²) in [5.41, 5.74) is 0. The summed E-state index contributed by atoms with van der Waals surface area (Å²) in [6, 6.07) is 0.781. The largest absolute Gasteiger partial charge is 0.316 e. The van der Waals surface area contributed by atoms with Gasteiger partial charge in [0.15, 0.2) is 0 Å². The Labute approximate surface area is 108 Å². The van der Waals surface area contributed by atoms with Crippen molar-refractivity contribution in [3.05, 3.63) is 0 Å². The summed E-state index contributed by atoms with van der Waals surface area (Å²) < 4.78 is 0. The first-order chi connectivity index (χ1) is 8.09. The molecule has 0 spiro atoms. The van der Waals surface area contributed by atoms with Gasteiger partial charge in [0.05, 0.1) is 0 Å². The fourth-order valence-electron chi connectivity index (χ4n) is 2.57. The van der Waals surface area contributed by atoms with Crippen molar-refractivity contribution in [3.8, 4) is 0 Å². The molecule has 0 radical (unpaired) electrons. The molecule has 17 heavy (non-hydrogen) atoms. The minimum Gasteiger partial charge on any atom is -0.316 e. The van der Waals surface area contributed by atoms with Gasteiger partial charge in [0, 0.05) is 6.04 Å². The van der Waals surface area contributed by atoms with Crippen molar-refractivity contribution in [2.75, 3.05) is 26.2 Å². The third-order valence-corrected chi connectivity index (χ3v) is 3.97. The van der Waals surface area contributed by atoms with Crippen LogP contribution in [-0.4, -0.2) is 37.1 Å². The van der Waals surface area contributed by atoms with Gasteiger partial charge >= 0.3 is 0 Å². The smallest absolute Gasteiger partial charge is 0.00674 e. The minimum absolute atomic E-state index is 0.774. The van der Waals surface area contributed by atoms with E-state index in [2.05, 4.69) is 37.9 Å². The molecular formula is C15H32N2. The molecule has 1 unspecified atom stereocenters. The van der Waals surface area contributed by atoms with E-state index in [0.29, 0.717) is 0 Å². The third-order valence-electron chi connectivity index (χ3n) is 3.97. The van der Waals surface area contributed by atoms with Crippen LogP contribution >= 0.6 is 0 Å². The van der Waals surface area contributed by atoms with Crippen LogP contribution in [0.25, 0.3) is 0 Å². The molecule has 0 saturated carbocycles. The van der Waals surface area contributed by atoms with Crippen molar-refractivity contribution < 1.29 is 0 Å². The second-order valence-electron chi connectivity index (χ2n) is 6.31. The highest BCUT2D eigenvalue weighted by molar-refractivity contribution is 4.74. The molecule has 0 aromatic carbocycles.